The van der Waals surface area contributed by atoms with Crippen molar-refractivity contribution in [3.05, 3.63) is 36.0 Å². The van der Waals surface area contributed by atoms with Crippen LogP contribution in [0.4, 0.5) is 5.82 Å². The van der Waals surface area contributed by atoms with E-state index in [1.807, 2.05) is 38.1 Å². The largest absolute Gasteiger partial charge is 0.494 e. The summed E-state index contributed by atoms with van der Waals surface area (Å²) >= 11 is 1.48. The Balaban J connectivity index is 1.80. The molecule has 0 aliphatic rings. The van der Waals surface area contributed by atoms with Crippen molar-refractivity contribution in [2.24, 2.45) is 0 Å². The lowest BCUT2D eigenvalue weighted by atomic mass is 10.3. The smallest absolute Gasteiger partial charge is 0.235 e. The number of aromatic nitrogens is 2. The third-order valence-electron chi connectivity index (χ3n) is 2.48. The normalized spacial score (nSPS) is 10.3. The number of aromatic amines is 1. The Labute approximate surface area is 122 Å². The minimum absolute atomic E-state index is 0.0737. The summed E-state index contributed by atoms with van der Waals surface area (Å²) in [4.78, 5) is 12.8. The van der Waals surface area contributed by atoms with E-state index >= 15 is 0 Å². The van der Waals surface area contributed by atoms with Crippen LogP contribution in [0.1, 0.15) is 12.6 Å². The van der Waals surface area contributed by atoms with E-state index in [9.17, 15) is 4.79 Å². The minimum atomic E-state index is -0.0737. The Hall–Kier alpha value is -1.95. The summed E-state index contributed by atoms with van der Waals surface area (Å²) in [7, 11) is 0. The first-order chi connectivity index (χ1) is 9.67. The molecule has 6 heteroatoms. The van der Waals surface area contributed by atoms with Gasteiger partial charge in [-0.05, 0) is 38.1 Å². The maximum Gasteiger partial charge on any atom is 0.235 e. The van der Waals surface area contributed by atoms with Crippen LogP contribution in [-0.2, 0) is 4.79 Å². The first kappa shape index (κ1) is 14.5. The molecule has 1 amide bonds. The molecule has 1 heterocycles. The number of aryl methyl sites for hydroxylation is 1. The van der Waals surface area contributed by atoms with Gasteiger partial charge in [0.2, 0.25) is 5.91 Å². The third-order valence-corrected chi connectivity index (χ3v) is 3.49. The Morgan fingerprint density at radius 2 is 2.15 bits per heavy atom. The highest BCUT2D eigenvalue weighted by Crippen LogP contribution is 2.21. The first-order valence-electron chi connectivity index (χ1n) is 6.35. The molecular weight excluding hydrogens is 274 g/mol. The quantitative estimate of drug-likeness (QED) is 0.803. The number of nitrogens with zero attached hydrogens (tertiary/aromatic N) is 1. The molecule has 0 saturated carbocycles. The maximum absolute atomic E-state index is 11.8. The zero-order valence-corrected chi connectivity index (χ0v) is 12.3. The molecule has 5 nitrogen and oxygen atoms in total. The Morgan fingerprint density at radius 1 is 1.40 bits per heavy atom. The van der Waals surface area contributed by atoms with Gasteiger partial charge in [0.25, 0.3) is 0 Å². The summed E-state index contributed by atoms with van der Waals surface area (Å²) < 4.78 is 5.37. The van der Waals surface area contributed by atoms with Crippen molar-refractivity contribution < 1.29 is 9.53 Å². The fraction of sp³-hybridized carbons (Fsp3) is 0.286. The minimum Gasteiger partial charge on any atom is -0.494 e. The van der Waals surface area contributed by atoms with Gasteiger partial charge in [0.15, 0.2) is 5.82 Å². The standard InChI is InChI=1S/C14H17N3O2S/c1-3-19-11-4-6-12(7-5-11)20-9-14(18)15-13-8-10(2)16-17-13/h4-8H,3,9H2,1-2H3,(H2,15,16,17,18). The van der Waals surface area contributed by atoms with Crippen molar-refractivity contribution in [2.75, 3.05) is 17.7 Å². The van der Waals surface area contributed by atoms with Gasteiger partial charge in [-0.25, -0.2) is 0 Å². The highest BCUT2D eigenvalue weighted by molar-refractivity contribution is 8.00. The zero-order valence-electron chi connectivity index (χ0n) is 11.5. The second-order valence-corrected chi connectivity index (χ2v) is 5.23. The predicted octanol–water partition coefficient (Wildman–Crippen LogP) is 2.85. The molecule has 0 radical (unpaired) electrons. The molecule has 0 atom stereocenters. The highest BCUT2D eigenvalue weighted by Gasteiger charge is 2.06. The van der Waals surface area contributed by atoms with E-state index in [1.54, 1.807) is 6.07 Å². The molecule has 2 rings (SSSR count). The molecule has 0 spiro atoms. The number of ether oxygens (including phenoxy) is 1. The molecule has 1 aromatic carbocycles. The molecular formula is C14H17N3O2S. The third kappa shape index (κ3) is 4.31. The average Bonchev–Trinajstić information content (AvgIpc) is 2.84. The van der Waals surface area contributed by atoms with Crippen LogP contribution in [-0.4, -0.2) is 28.5 Å². The van der Waals surface area contributed by atoms with Crippen LogP contribution in [0.2, 0.25) is 0 Å². The van der Waals surface area contributed by atoms with Gasteiger partial charge in [-0.1, -0.05) is 0 Å². The number of H-pyrrole nitrogens is 1. The Kier molecular flexibility index (Phi) is 5.06. The number of carbonyl (C=O) groups is 1. The molecule has 106 valence electrons. The Morgan fingerprint density at radius 3 is 2.75 bits per heavy atom. The molecule has 20 heavy (non-hydrogen) atoms. The van der Waals surface area contributed by atoms with E-state index in [-0.39, 0.29) is 5.91 Å². The van der Waals surface area contributed by atoms with E-state index in [1.165, 1.54) is 11.8 Å². The lowest BCUT2D eigenvalue weighted by Crippen LogP contribution is -2.14. The fourth-order valence-corrected chi connectivity index (χ4v) is 2.31. The Bertz CT molecular complexity index is 566. The van der Waals surface area contributed by atoms with Gasteiger partial charge in [0.1, 0.15) is 5.75 Å². The number of hydrogen-bond acceptors (Lipinski definition) is 4. The van der Waals surface area contributed by atoms with Gasteiger partial charge in [-0.15, -0.1) is 11.8 Å². The van der Waals surface area contributed by atoms with Crippen molar-refractivity contribution in [2.45, 2.75) is 18.7 Å². The lowest BCUT2D eigenvalue weighted by Gasteiger charge is -2.05. The van der Waals surface area contributed by atoms with Crippen LogP contribution < -0.4 is 10.1 Å². The van der Waals surface area contributed by atoms with Gasteiger partial charge in [0.05, 0.1) is 12.4 Å². The van der Waals surface area contributed by atoms with Crippen LogP contribution in [0.5, 0.6) is 5.75 Å². The van der Waals surface area contributed by atoms with Crippen molar-refractivity contribution in [1.82, 2.24) is 10.2 Å². The summed E-state index contributed by atoms with van der Waals surface area (Å²) in [6.07, 6.45) is 0. The van der Waals surface area contributed by atoms with E-state index in [0.717, 1.165) is 16.3 Å². The number of thioether (sulfide) groups is 1. The SMILES string of the molecule is CCOc1ccc(SCC(=O)Nc2cc(C)[nH]n2)cc1. The van der Waals surface area contributed by atoms with E-state index in [4.69, 9.17) is 4.74 Å². The van der Waals surface area contributed by atoms with Gasteiger partial charge in [0, 0.05) is 16.7 Å². The zero-order chi connectivity index (χ0) is 14.4. The summed E-state index contributed by atoms with van der Waals surface area (Å²) in [5, 5.41) is 9.48. The van der Waals surface area contributed by atoms with E-state index in [2.05, 4.69) is 15.5 Å². The molecule has 0 fully saturated rings. The molecule has 0 aliphatic carbocycles. The van der Waals surface area contributed by atoms with Crippen LogP contribution >= 0.6 is 11.8 Å². The topological polar surface area (TPSA) is 67.0 Å². The average molecular weight is 291 g/mol. The molecule has 0 saturated heterocycles. The summed E-state index contributed by atoms with van der Waals surface area (Å²) in [5.41, 5.74) is 0.916. The predicted molar refractivity (Wildman–Crippen MR) is 80.3 cm³/mol. The summed E-state index contributed by atoms with van der Waals surface area (Å²) in [5.74, 6) is 1.67. The highest BCUT2D eigenvalue weighted by atomic mass is 32.2. The van der Waals surface area contributed by atoms with Crippen LogP contribution in [0, 0.1) is 6.92 Å². The number of amides is 1. The second kappa shape index (κ2) is 7.00. The van der Waals surface area contributed by atoms with Crippen molar-refractivity contribution >= 4 is 23.5 Å². The molecule has 0 bridgehead atoms. The van der Waals surface area contributed by atoms with Crippen LogP contribution in [0.3, 0.4) is 0 Å². The lowest BCUT2D eigenvalue weighted by molar-refractivity contribution is -0.113. The van der Waals surface area contributed by atoms with Crippen LogP contribution in [0.15, 0.2) is 35.2 Å². The molecule has 2 N–H and O–H groups in total. The number of anilines is 1. The monoisotopic (exact) mass is 291 g/mol. The van der Waals surface area contributed by atoms with E-state index in [0.29, 0.717) is 18.2 Å². The van der Waals surface area contributed by atoms with Gasteiger partial charge < -0.3 is 10.1 Å². The number of carbonyl (C=O) groups excluding carboxylic acids is 1. The number of hydrogen-bond donors (Lipinski definition) is 2. The number of benzene rings is 1. The summed E-state index contributed by atoms with van der Waals surface area (Å²) in [6.45, 7) is 4.49. The first-order valence-corrected chi connectivity index (χ1v) is 7.33. The van der Waals surface area contributed by atoms with Crippen LogP contribution in [0.25, 0.3) is 0 Å². The van der Waals surface area contributed by atoms with Gasteiger partial charge in [-0.2, -0.15) is 5.10 Å². The molecule has 0 aliphatic heterocycles. The van der Waals surface area contributed by atoms with Gasteiger partial charge in [-0.3, -0.25) is 9.89 Å². The summed E-state index contributed by atoms with van der Waals surface area (Å²) in [6, 6.07) is 9.49. The number of nitrogens with one attached hydrogen (secondary N) is 2. The van der Waals surface area contributed by atoms with Gasteiger partial charge >= 0.3 is 0 Å². The molecule has 2 aromatic rings. The molecule has 0 unspecified atom stereocenters. The van der Waals surface area contributed by atoms with Crippen molar-refractivity contribution in [3.63, 3.8) is 0 Å². The number of rotatable bonds is 6. The second-order valence-electron chi connectivity index (χ2n) is 4.18. The van der Waals surface area contributed by atoms with Crippen molar-refractivity contribution in [3.8, 4) is 5.75 Å². The van der Waals surface area contributed by atoms with E-state index < -0.39 is 0 Å². The maximum atomic E-state index is 11.8. The molecule has 1 aromatic heterocycles. The van der Waals surface area contributed by atoms with Crippen molar-refractivity contribution in [1.29, 1.82) is 0 Å². The fourth-order valence-electron chi connectivity index (χ4n) is 1.61.